The summed E-state index contributed by atoms with van der Waals surface area (Å²) >= 11 is 0. The van der Waals surface area contributed by atoms with Crippen LogP contribution in [0, 0.1) is 0 Å². The Morgan fingerprint density at radius 3 is 1.68 bits per heavy atom. The van der Waals surface area contributed by atoms with Crippen molar-refractivity contribution >= 4 is 11.9 Å². The van der Waals surface area contributed by atoms with Crippen molar-refractivity contribution in [1.82, 2.24) is 0 Å². The molecule has 128 valence electrons. The average molecular weight is 364 g/mol. The summed E-state index contributed by atoms with van der Waals surface area (Å²) in [6, 6.07) is 8.00. The van der Waals surface area contributed by atoms with Gasteiger partial charge in [0.1, 0.15) is 0 Å². The summed E-state index contributed by atoms with van der Waals surface area (Å²) in [6.07, 6.45) is 8.32. The molecule has 1 aromatic rings. The Morgan fingerprint density at radius 1 is 0.800 bits per heavy atom. The van der Waals surface area contributed by atoms with Crippen molar-refractivity contribution in [3.63, 3.8) is 0 Å². The topological polar surface area (TPSA) is 80.3 Å². The molecule has 25 heavy (non-hydrogen) atoms. The van der Waals surface area contributed by atoms with Crippen LogP contribution < -0.4 is 69.3 Å². The smallest absolute Gasteiger partial charge is 0.549 e. The zero-order valence-corrected chi connectivity index (χ0v) is 19.9. The molecule has 0 fully saturated rings. The zero-order valence-electron chi connectivity index (χ0n) is 15.9. The zero-order chi connectivity index (χ0) is 17.1. The van der Waals surface area contributed by atoms with Crippen LogP contribution in [0.15, 0.2) is 30.3 Å². The number of hydrogen-bond acceptors (Lipinski definition) is 4. The summed E-state index contributed by atoms with van der Waals surface area (Å²) in [5.41, 5.74) is -1.83. The molecule has 0 aliphatic rings. The second kappa shape index (κ2) is 15.2. The number of rotatable bonds is 12. The molecular weight excluding hydrogens is 338 g/mol. The SMILES string of the molecule is CCCCCCCCCCC(C(=O)[O-])(C(=O)[O-])c1ccccc1.[Na+].[Na+]. The molecular formula is C19H26Na2O4. The van der Waals surface area contributed by atoms with Gasteiger partial charge >= 0.3 is 59.1 Å². The van der Waals surface area contributed by atoms with Gasteiger partial charge in [-0.3, -0.25) is 0 Å². The summed E-state index contributed by atoms with van der Waals surface area (Å²) in [5.74, 6) is -3.18. The first-order valence-corrected chi connectivity index (χ1v) is 8.54. The van der Waals surface area contributed by atoms with Gasteiger partial charge in [-0.2, -0.15) is 0 Å². The van der Waals surface area contributed by atoms with E-state index in [1.54, 1.807) is 18.2 Å². The molecule has 4 nitrogen and oxygen atoms in total. The van der Waals surface area contributed by atoms with E-state index in [9.17, 15) is 19.8 Å². The fourth-order valence-corrected chi connectivity index (χ4v) is 2.91. The number of carboxylic acids is 2. The van der Waals surface area contributed by atoms with Crippen LogP contribution in [0.4, 0.5) is 0 Å². The molecule has 0 aliphatic carbocycles. The second-order valence-corrected chi connectivity index (χ2v) is 6.07. The molecule has 0 aliphatic heterocycles. The first-order chi connectivity index (χ1) is 11.1. The first kappa shape index (κ1) is 27.4. The monoisotopic (exact) mass is 364 g/mol. The van der Waals surface area contributed by atoms with E-state index in [-0.39, 0.29) is 71.1 Å². The van der Waals surface area contributed by atoms with Gasteiger partial charge in [0, 0.05) is 0 Å². The number of benzene rings is 1. The van der Waals surface area contributed by atoms with Gasteiger partial charge in [-0.25, -0.2) is 0 Å². The van der Waals surface area contributed by atoms with E-state index in [0.29, 0.717) is 6.42 Å². The molecule has 0 aromatic heterocycles. The van der Waals surface area contributed by atoms with Gasteiger partial charge in [-0.1, -0.05) is 88.6 Å². The maximum atomic E-state index is 11.6. The number of unbranched alkanes of at least 4 members (excludes halogenated alkanes) is 7. The first-order valence-electron chi connectivity index (χ1n) is 8.54. The molecule has 0 bridgehead atoms. The molecule has 0 spiro atoms. The molecule has 1 aromatic carbocycles. The van der Waals surface area contributed by atoms with Crippen molar-refractivity contribution in [1.29, 1.82) is 0 Å². The molecule has 1 rings (SSSR count). The molecule has 0 heterocycles. The van der Waals surface area contributed by atoms with Crippen molar-refractivity contribution in [3.05, 3.63) is 35.9 Å². The summed E-state index contributed by atoms with van der Waals surface area (Å²) in [7, 11) is 0. The van der Waals surface area contributed by atoms with E-state index in [2.05, 4.69) is 6.92 Å². The van der Waals surface area contributed by atoms with Crippen LogP contribution in [0.5, 0.6) is 0 Å². The summed E-state index contributed by atoms with van der Waals surface area (Å²) < 4.78 is 0. The number of carbonyl (C=O) groups excluding carboxylic acids is 2. The van der Waals surface area contributed by atoms with Crippen molar-refractivity contribution in [2.24, 2.45) is 0 Å². The fourth-order valence-electron chi connectivity index (χ4n) is 2.91. The van der Waals surface area contributed by atoms with Crippen molar-refractivity contribution in [2.45, 2.75) is 70.1 Å². The summed E-state index contributed by atoms with van der Waals surface area (Å²) in [4.78, 5) is 23.1. The maximum absolute atomic E-state index is 11.6. The van der Waals surface area contributed by atoms with Gasteiger partial charge in [0.15, 0.2) is 0 Å². The summed E-state index contributed by atoms with van der Waals surface area (Å²) in [5, 5.41) is 23.1. The van der Waals surface area contributed by atoms with Crippen LogP contribution in [0.3, 0.4) is 0 Å². The third-order valence-corrected chi connectivity index (χ3v) is 4.37. The Bertz CT molecular complexity index is 477. The molecule has 0 unspecified atom stereocenters. The Balaban J connectivity index is 0. The number of hydrogen-bond donors (Lipinski definition) is 0. The van der Waals surface area contributed by atoms with E-state index in [4.69, 9.17) is 0 Å². The molecule has 6 heteroatoms. The van der Waals surface area contributed by atoms with Gasteiger partial charge in [0.25, 0.3) is 0 Å². The standard InChI is InChI=1S/C19H28O4.2Na/c1-2-3-4-5-6-7-8-12-15-19(17(20)21,18(22)23)16-13-10-9-11-14-16;;/h9-11,13-14H,2-8,12,15H2,1H3,(H,20,21)(H,22,23);;/q;2*+1/p-2. The van der Waals surface area contributed by atoms with E-state index in [0.717, 1.165) is 19.3 Å². The van der Waals surface area contributed by atoms with Crippen LogP contribution in [0.25, 0.3) is 0 Å². The van der Waals surface area contributed by atoms with Crippen molar-refractivity contribution in [2.75, 3.05) is 0 Å². The van der Waals surface area contributed by atoms with Crippen LogP contribution in [0.2, 0.25) is 0 Å². The van der Waals surface area contributed by atoms with Gasteiger partial charge in [0.2, 0.25) is 0 Å². The van der Waals surface area contributed by atoms with E-state index >= 15 is 0 Å². The molecule has 0 N–H and O–H groups in total. The minimum atomic E-state index is -2.05. The van der Waals surface area contributed by atoms with Crippen LogP contribution in [-0.4, -0.2) is 11.9 Å². The third-order valence-electron chi connectivity index (χ3n) is 4.37. The Morgan fingerprint density at radius 2 is 1.24 bits per heavy atom. The van der Waals surface area contributed by atoms with Gasteiger partial charge in [-0.05, 0) is 12.0 Å². The van der Waals surface area contributed by atoms with E-state index in [1.807, 2.05) is 0 Å². The normalized spacial score (nSPS) is 10.4. The van der Waals surface area contributed by atoms with Gasteiger partial charge in [0.05, 0.1) is 17.4 Å². The maximum Gasteiger partial charge on any atom is 1.00 e. The van der Waals surface area contributed by atoms with E-state index in [1.165, 1.54) is 37.8 Å². The minimum Gasteiger partial charge on any atom is -0.549 e. The average Bonchev–Trinajstić information content (AvgIpc) is 2.54. The Hall–Kier alpha value is 0.160. The molecule has 0 saturated heterocycles. The van der Waals surface area contributed by atoms with Gasteiger partial charge < -0.3 is 19.8 Å². The number of carboxylic acid groups (broad SMARTS) is 2. The largest absolute Gasteiger partial charge is 1.00 e. The van der Waals surface area contributed by atoms with Crippen LogP contribution in [-0.2, 0) is 15.0 Å². The quantitative estimate of drug-likeness (QED) is 0.215. The molecule has 0 radical (unpaired) electrons. The Kier molecular flexibility index (Phi) is 16.7. The van der Waals surface area contributed by atoms with Gasteiger partial charge in [-0.15, -0.1) is 0 Å². The predicted octanol–water partition coefficient (Wildman–Crippen LogP) is -4.04. The predicted molar refractivity (Wildman–Crippen MR) is 85.4 cm³/mol. The third kappa shape index (κ3) is 8.59. The second-order valence-electron chi connectivity index (χ2n) is 6.07. The molecule has 0 atom stereocenters. The fraction of sp³-hybridized carbons (Fsp3) is 0.579. The minimum absolute atomic E-state index is 0. The number of carbonyl (C=O) groups is 2. The summed E-state index contributed by atoms with van der Waals surface area (Å²) in [6.45, 7) is 2.17. The molecule has 0 amide bonds. The van der Waals surface area contributed by atoms with Crippen LogP contribution >= 0.6 is 0 Å². The molecule has 0 saturated carbocycles. The van der Waals surface area contributed by atoms with Crippen LogP contribution in [0.1, 0.15) is 70.3 Å². The van der Waals surface area contributed by atoms with Crippen molar-refractivity contribution in [3.8, 4) is 0 Å². The number of aliphatic carboxylic acids is 2. The Labute approximate surface area is 195 Å². The van der Waals surface area contributed by atoms with Crippen molar-refractivity contribution < 1.29 is 78.9 Å². The van der Waals surface area contributed by atoms with E-state index < -0.39 is 17.4 Å².